The highest BCUT2D eigenvalue weighted by Crippen LogP contribution is 2.24. The van der Waals surface area contributed by atoms with Gasteiger partial charge in [-0.2, -0.15) is 0 Å². The second-order valence-corrected chi connectivity index (χ2v) is 6.68. The fraction of sp³-hybridized carbons (Fsp3) is 0.250. The number of amides is 2. The summed E-state index contributed by atoms with van der Waals surface area (Å²) in [6.07, 6.45) is 4.46. The van der Waals surface area contributed by atoms with Crippen LogP contribution in [-0.2, 0) is 20.0 Å². The van der Waals surface area contributed by atoms with E-state index in [1.807, 2.05) is 7.05 Å². The molecular weight excluding hydrogens is 356 g/mol. The second-order valence-electron chi connectivity index (χ2n) is 6.68. The standard InChI is InChI=1S/C20H22N6O2/c1-13-5-3-6-15-18(13)14(12-26(15)2)8-9-21-20(27)22-11-17-23-19(25-24-17)16-7-4-10-28-16/h3-7,10,12H,8-9,11H2,1-2H3,(H2,21,22,27)(H,23,24,25). The molecule has 3 N–H and O–H groups in total. The average Bonchev–Trinajstić information content (AvgIpc) is 3.41. The van der Waals surface area contributed by atoms with E-state index in [9.17, 15) is 4.79 Å². The summed E-state index contributed by atoms with van der Waals surface area (Å²) in [6, 6.07) is 9.60. The topological polar surface area (TPSA) is 101 Å². The summed E-state index contributed by atoms with van der Waals surface area (Å²) >= 11 is 0. The number of carbonyl (C=O) groups excluding carboxylic acids is 1. The molecule has 0 saturated heterocycles. The van der Waals surface area contributed by atoms with E-state index in [4.69, 9.17) is 4.42 Å². The first-order valence-electron chi connectivity index (χ1n) is 9.12. The van der Waals surface area contributed by atoms with E-state index in [0.717, 1.165) is 6.42 Å². The fourth-order valence-corrected chi connectivity index (χ4v) is 3.35. The van der Waals surface area contributed by atoms with Crippen molar-refractivity contribution in [3.05, 3.63) is 59.7 Å². The highest BCUT2D eigenvalue weighted by atomic mass is 16.3. The van der Waals surface area contributed by atoms with Gasteiger partial charge >= 0.3 is 6.03 Å². The van der Waals surface area contributed by atoms with E-state index in [2.05, 4.69) is 61.7 Å². The van der Waals surface area contributed by atoms with Gasteiger partial charge in [-0.3, -0.25) is 5.10 Å². The van der Waals surface area contributed by atoms with Crippen molar-refractivity contribution in [2.75, 3.05) is 6.54 Å². The molecule has 0 spiro atoms. The molecule has 0 radical (unpaired) electrons. The van der Waals surface area contributed by atoms with Crippen molar-refractivity contribution in [3.8, 4) is 11.6 Å². The highest BCUT2D eigenvalue weighted by molar-refractivity contribution is 5.87. The number of aryl methyl sites for hydroxylation is 2. The van der Waals surface area contributed by atoms with E-state index in [-0.39, 0.29) is 12.6 Å². The maximum absolute atomic E-state index is 12.1. The molecule has 2 amide bonds. The van der Waals surface area contributed by atoms with Crippen molar-refractivity contribution >= 4 is 16.9 Å². The normalized spacial score (nSPS) is 11.1. The van der Waals surface area contributed by atoms with Crippen LogP contribution in [0.5, 0.6) is 0 Å². The fourth-order valence-electron chi connectivity index (χ4n) is 3.35. The van der Waals surface area contributed by atoms with Gasteiger partial charge < -0.3 is 19.6 Å². The van der Waals surface area contributed by atoms with Gasteiger partial charge in [0.15, 0.2) is 5.76 Å². The number of aromatic nitrogens is 4. The lowest BCUT2D eigenvalue weighted by atomic mass is 10.1. The van der Waals surface area contributed by atoms with Gasteiger partial charge in [0.2, 0.25) is 5.82 Å². The van der Waals surface area contributed by atoms with Crippen molar-refractivity contribution in [3.63, 3.8) is 0 Å². The minimum atomic E-state index is -0.243. The molecule has 0 unspecified atom stereocenters. The predicted octanol–water partition coefficient (Wildman–Crippen LogP) is 2.91. The summed E-state index contributed by atoms with van der Waals surface area (Å²) in [5.41, 5.74) is 3.68. The Hall–Kier alpha value is -3.55. The summed E-state index contributed by atoms with van der Waals surface area (Å²) in [6.45, 7) is 2.92. The molecule has 0 saturated carbocycles. The van der Waals surface area contributed by atoms with Crippen LogP contribution >= 0.6 is 0 Å². The van der Waals surface area contributed by atoms with Crippen LogP contribution in [-0.4, -0.2) is 32.3 Å². The lowest BCUT2D eigenvalue weighted by Crippen LogP contribution is -2.36. The quantitative estimate of drug-likeness (QED) is 0.480. The number of carbonyl (C=O) groups is 1. The minimum Gasteiger partial charge on any atom is -0.461 e. The number of rotatable bonds is 6. The third kappa shape index (κ3) is 3.62. The Balaban J connectivity index is 1.29. The molecule has 0 fully saturated rings. The van der Waals surface area contributed by atoms with E-state index in [1.165, 1.54) is 22.0 Å². The van der Waals surface area contributed by atoms with Crippen molar-refractivity contribution in [2.45, 2.75) is 19.9 Å². The zero-order valence-electron chi connectivity index (χ0n) is 15.8. The molecular formula is C20H22N6O2. The first kappa shape index (κ1) is 17.8. The molecule has 4 rings (SSSR count). The summed E-state index contributed by atoms with van der Waals surface area (Å²) in [5, 5.41) is 13.8. The van der Waals surface area contributed by atoms with Crippen molar-refractivity contribution in [2.24, 2.45) is 7.05 Å². The van der Waals surface area contributed by atoms with Crippen LogP contribution < -0.4 is 10.6 Å². The summed E-state index contributed by atoms with van der Waals surface area (Å²) in [5.74, 6) is 1.61. The third-order valence-corrected chi connectivity index (χ3v) is 4.67. The van der Waals surface area contributed by atoms with Gasteiger partial charge in [0.05, 0.1) is 12.8 Å². The number of nitrogens with zero attached hydrogens (tertiary/aromatic N) is 3. The Morgan fingerprint density at radius 3 is 2.96 bits per heavy atom. The van der Waals surface area contributed by atoms with Gasteiger partial charge in [0, 0.05) is 30.7 Å². The SMILES string of the molecule is Cc1cccc2c1c(CCNC(=O)NCc1nc(-c3ccco3)n[nH]1)cn2C. The molecule has 0 aliphatic heterocycles. The van der Waals surface area contributed by atoms with E-state index in [1.54, 1.807) is 18.4 Å². The Bertz CT molecular complexity index is 1090. The minimum absolute atomic E-state index is 0.243. The van der Waals surface area contributed by atoms with Gasteiger partial charge in [-0.05, 0) is 42.7 Å². The monoisotopic (exact) mass is 378 g/mol. The third-order valence-electron chi connectivity index (χ3n) is 4.67. The van der Waals surface area contributed by atoms with Crippen molar-refractivity contribution in [1.82, 2.24) is 30.4 Å². The lowest BCUT2D eigenvalue weighted by Gasteiger charge is -2.06. The maximum atomic E-state index is 12.1. The Labute approximate surface area is 162 Å². The van der Waals surface area contributed by atoms with Gasteiger partial charge in [0.1, 0.15) is 5.82 Å². The summed E-state index contributed by atoms with van der Waals surface area (Å²) in [4.78, 5) is 16.4. The summed E-state index contributed by atoms with van der Waals surface area (Å²) < 4.78 is 7.37. The van der Waals surface area contributed by atoms with Gasteiger partial charge in [0.25, 0.3) is 0 Å². The number of urea groups is 1. The molecule has 144 valence electrons. The number of benzene rings is 1. The van der Waals surface area contributed by atoms with E-state index in [0.29, 0.717) is 24.0 Å². The van der Waals surface area contributed by atoms with Crippen LogP contribution in [0.3, 0.4) is 0 Å². The Morgan fingerprint density at radius 1 is 1.25 bits per heavy atom. The smallest absolute Gasteiger partial charge is 0.315 e. The molecule has 0 aliphatic rings. The highest BCUT2D eigenvalue weighted by Gasteiger charge is 2.11. The van der Waals surface area contributed by atoms with Gasteiger partial charge in [-0.15, -0.1) is 5.10 Å². The zero-order valence-corrected chi connectivity index (χ0v) is 15.8. The number of fused-ring (bicyclic) bond motifs is 1. The molecule has 0 atom stereocenters. The number of aromatic amines is 1. The second kappa shape index (κ2) is 7.59. The van der Waals surface area contributed by atoms with Crippen LogP contribution in [0, 0.1) is 6.92 Å². The molecule has 8 nitrogen and oxygen atoms in total. The van der Waals surface area contributed by atoms with Gasteiger partial charge in [-0.1, -0.05) is 12.1 Å². The maximum Gasteiger partial charge on any atom is 0.315 e. The van der Waals surface area contributed by atoms with Crippen LogP contribution in [0.15, 0.2) is 47.2 Å². The van der Waals surface area contributed by atoms with E-state index < -0.39 is 0 Å². The molecule has 8 heteroatoms. The number of hydrogen-bond acceptors (Lipinski definition) is 4. The van der Waals surface area contributed by atoms with Crippen LogP contribution in [0.1, 0.15) is 17.0 Å². The largest absolute Gasteiger partial charge is 0.461 e. The van der Waals surface area contributed by atoms with Crippen molar-refractivity contribution < 1.29 is 9.21 Å². The van der Waals surface area contributed by atoms with Crippen LogP contribution in [0.4, 0.5) is 4.79 Å². The average molecular weight is 378 g/mol. The molecule has 0 aliphatic carbocycles. The van der Waals surface area contributed by atoms with Crippen molar-refractivity contribution in [1.29, 1.82) is 0 Å². The van der Waals surface area contributed by atoms with E-state index >= 15 is 0 Å². The van der Waals surface area contributed by atoms with Crippen LogP contribution in [0.2, 0.25) is 0 Å². The number of hydrogen-bond donors (Lipinski definition) is 3. The number of furan rings is 1. The Morgan fingerprint density at radius 2 is 2.14 bits per heavy atom. The van der Waals surface area contributed by atoms with Gasteiger partial charge in [-0.25, -0.2) is 9.78 Å². The summed E-state index contributed by atoms with van der Waals surface area (Å²) in [7, 11) is 2.04. The number of nitrogens with one attached hydrogen (secondary N) is 3. The molecule has 4 aromatic rings. The molecule has 3 aromatic heterocycles. The molecule has 3 heterocycles. The molecule has 0 bridgehead atoms. The Kier molecular flexibility index (Phi) is 4.84. The lowest BCUT2D eigenvalue weighted by molar-refractivity contribution is 0.240. The first-order valence-corrected chi connectivity index (χ1v) is 9.12. The molecule has 1 aromatic carbocycles. The first-order chi connectivity index (χ1) is 13.6. The van der Waals surface area contributed by atoms with Crippen LogP contribution in [0.25, 0.3) is 22.5 Å². The molecule has 28 heavy (non-hydrogen) atoms. The zero-order chi connectivity index (χ0) is 19.5. The predicted molar refractivity (Wildman–Crippen MR) is 106 cm³/mol. The number of H-pyrrole nitrogens is 1.